The second-order valence-corrected chi connectivity index (χ2v) is 12.3. The number of thioether (sulfide) groups is 1. The van der Waals surface area contributed by atoms with Crippen molar-refractivity contribution in [3.63, 3.8) is 0 Å². The normalized spacial score (nSPS) is 25.4. The molecule has 1 aromatic heterocycles. The lowest BCUT2D eigenvalue weighted by Crippen LogP contribution is -2.44. The molecule has 2 amide bonds. The number of thiol groups is 1. The molecule has 13 heteroatoms. The Hall–Kier alpha value is -3.29. The number of aliphatic hydroxyl groups excluding tert-OH is 1. The molecule has 5 N–H and O–H groups in total. The molecule has 42 heavy (non-hydrogen) atoms. The number of allylic oxidation sites excluding steroid dienone is 6. The zero-order chi connectivity index (χ0) is 31.4. The van der Waals surface area contributed by atoms with Crippen molar-refractivity contribution in [1.82, 2.24) is 15.6 Å². The van der Waals surface area contributed by atoms with E-state index in [1.165, 1.54) is 20.1 Å². The molecule has 2 heterocycles. The standard InChI is InChI=1S/C29H39N3O8S2/c1-17-7-5-6-8-21-14-40-26(31-21)25(23(34)16-42-15-22(28(38)39)30-20(4)33)32-24(35)13-29(41,19(3)27(36)37)12-11-18(2)10-9-17/h5-8,10,14,19,22-23,25,34,41H,1,9,11-13,15-16H2,2-4H3,(H,30,33)(H,32,35)(H,36,37)(H,38,39)/b7-5+,8-6-,18-10+/t19-,22+,23+,25-,29+/m0/s1. The third kappa shape index (κ3) is 11.2. The number of carboxylic acid groups (broad SMARTS) is 2. The van der Waals surface area contributed by atoms with Crippen LogP contribution in [0, 0.1) is 5.92 Å². The Labute approximate surface area is 255 Å². The van der Waals surface area contributed by atoms with Gasteiger partial charge in [-0.3, -0.25) is 14.4 Å². The van der Waals surface area contributed by atoms with E-state index in [0.29, 0.717) is 25.0 Å². The summed E-state index contributed by atoms with van der Waals surface area (Å²) in [5.74, 6) is -4.41. The van der Waals surface area contributed by atoms with E-state index >= 15 is 0 Å². The van der Waals surface area contributed by atoms with Crippen LogP contribution in [-0.4, -0.2) is 72.5 Å². The predicted molar refractivity (Wildman–Crippen MR) is 164 cm³/mol. The molecule has 5 atom stereocenters. The van der Waals surface area contributed by atoms with Crippen LogP contribution in [0.2, 0.25) is 0 Å². The summed E-state index contributed by atoms with van der Waals surface area (Å²) in [7, 11) is 0. The van der Waals surface area contributed by atoms with Crippen LogP contribution in [0.3, 0.4) is 0 Å². The monoisotopic (exact) mass is 621 g/mol. The summed E-state index contributed by atoms with van der Waals surface area (Å²) < 4.78 is 4.38. The number of carbonyl (C=O) groups excluding carboxylic acids is 2. The van der Waals surface area contributed by atoms with Gasteiger partial charge in [0.2, 0.25) is 17.7 Å². The summed E-state index contributed by atoms with van der Waals surface area (Å²) in [6.07, 6.45) is 10.3. The zero-order valence-corrected chi connectivity index (χ0v) is 25.6. The topological polar surface area (TPSA) is 179 Å². The van der Waals surface area contributed by atoms with Gasteiger partial charge in [-0.25, -0.2) is 9.78 Å². The lowest BCUT2D eigenvalue weighted by molar-refractivity contribution is -0.142. The first-order valence-electron chi connectivity index (χ1n) is 13.4. The van der Waals surface area contributed by atoms with E-state index < -0.39 is 52.6 Å². The molecular formula is C29H39N3O8S2. The van der Waals surface area contributed by atoms with Crippen LogP contribution in [0.1, 0.15) is 64.1 Å². The second kappa shape index (κ2) is 16.4. The van der Waals surface area contributed by atoms with Crippen LogP contribution >= 0.6 is 24.4 Å². The SMILES string of the molecule is C=C1/C=C/C=C\c2coc(n2)[C@H]([C@H](O)CSC[C@@H](NC(C)=O)C(=O)O)NC(=O)C[C@@](S)([C@@H](C)C(=O)O)CC/C(C)=C/C1. The fourth-order valence-electron chi connectivity index (χ4n) is 4.09. The van der Waals surface area contributed by atoms with Crippen LogP contribution in [-0.2, 0) is 19.2 Å². The largest absolute Gasteiger partial charge is 0.481 e. The number of aromatic nitrogens is 1. The van der Waals surface area contributed by atoms with Gasteiger partial charge < -0.3 is 30.4 Å². The molecule has 1 aliphatic rings. The van der Waals surface area contributed by atoms with Gasteiger partial charge in [-0.1, -0.05) is 49.0 Å². The Morgan fingerprint density at radius 2 is 1.95 bits per heavy atom. The Morgan fingerprint density at radius 1 is 1.26 bits per heavy atom. The number of amides is 2. The number of hydrogen-bond donors (Lipinski definition) is 6. The molecule has 0 spiro atoms. The van der Waals surface area contributed by atoms with Gasteiger partial charge >= 0.3 is 11.9 Å². The van der Waals surface area contributed by atoms with Crippen molar-refractivity contribution in [2.24, 2.45) is 5.92 Å². The highest BCUT2D eigenvalue weighted by atomic mass is 32.2. The van der Waals surface area contributed by atoms with Crippen LogP contribution in [0.5, 0.6) is 0 Å². The van der Waals surface area contributed by atoms with Gasteiger partial charge in [-0.05, 0) is 32.3 Å². The van der Waals surface area contributed by atoms with Crippen LogP contribution in [0.15, 0.2) is 52.7 Å². The van der Waals surface area contributed by atoms with E-state index in [1.807, 2.05) is 19.1 Å². The number of carboxylic acids is 2. The number of rotatable bonds is 9. The summed E-state index contributed by atoms with van der Waals surface area (Å²) >= 11 is 5.77. The van der Waals surface area contributed by atoms with E-state index in [0.717, 1.165) is 22.9 Å². The summed E-state index contributed by atoms with van der Waals surface area (Å²) in [4.78, 5) is 52.5. The van der Waals surface area contributed by atoms with Gasteiger partial charge in [0.05, 0.1) is 12.0 Å². The van der Waals surface area contributed by atoms with Crippen molar-refractivity contribution in [1.29, 1.82) is 0 Å². The number of nitrogens with one attached hydrogen (secondary N) is 2. The molecule has 0 saturated carbocycles. The highest BCUT2D eigenvalue weighted by Crippen LogP contribution is 2.36. The number of oxazole rings is 1. The quantitative estimate of drug-likeness (QED) is 0.176. The molecule has 0 radical (unpaired) electrons. The Balaban J connectivity index is 2.38. The van der Waals surface area contributed by atoms with Crippen LogP contribution in [0.25, 0.3) is 6.08 Å². The summed E-state index contributed by atoms with van der Waals surface area (Å²) in [6, 6.07) is -2.30. The highest BCUT2D eigenvalue weighted by molar-refractivity contribution is 7.99. The maximum absolute atomic E-state index is 13.4. The highest BCUT2D eigenvalue weighted by Gasteiger charge is 2.40. The molecule has 0 saturated heterocycles. The molecule has 1 aliphatic heterocycles. The van der Waals surface area contributed by atoms with Crippen molar-refractivity contribution >= 4 is 54.2 Å². The first-order chi connectivity index (χ1) is 19.7. The average Bonchev–Trinajstić information content (AvgIpc) is 3.38. The van der Waals surface area contributed by atoms with E-state index in [1.54, 1.807) is 18.2 Å². The lowest BCUT2D eigenvalue weighted by atomic mass is 9.84. The molecule has 0 aromatic carbocycles. The minimum absolute atomic E-state index is 0.0112. The molecular weight excluding hydrogens is 582 g/mol. The van der Waals surface area contributed by atoms with Gasteiger partial charge in [0.1, 0.15) is 24.0 Å². The molecule has 11 nitrogen and oxygen atoms in total. The van der Waals surface area contributed by atoms with Crippen molar-refractivity contribution in [3.05, 3.63) is 59.9 Å². The Kier molecular flexibility index (Phi) is 13.6. The third-order valence-corrected chi connectivity index (χ3v) is 8.69. The minimum atomic E-state index is -1.27. The van der Waals surface area contributed by atoms with Crippen LogP contribution < -0.4 is 10.6 Å². The number of aliphatic hydroxyl groups is 1. The van der Waals surface area contributed by atoms with Gasteiger partial charge in [0.15, 0.2) is 0 Å². The molecule has 2 rings (SSSR count). The first kappa shape index (κ1) is 34.9. The van der Waals surface area contributed by atoms with Crippen molar-refractivity contribution in [2.45, 2.75) is 69.4 Å². The number of fused-ring (bicyclic) bond motifs is 2. The molecule has 230 valence electrons. The number of aliphatic carboxylic acids is 2. The fraction of sp³-hybridized carbons (Fsp3) is 0.483. The van der Waals surface area contributed by atoms with Gasteiger partial charge in [-0.15, -0.1) is 0 Å². The molecule has 0 unspecified atom stereocenters. The van der Waals surface area contributed by atoms with Crippen molar-refractivity contribution in [2.75, 3.05) is 11.5 Å². The molecule has 1 aromatic rings. The number of nitrogens with zero attached hydrogens (tertiary/aromatic N) is 1. The second-order valence-electron chi connectivity index (χ2n) is 10.3. The van der Waals surface area contributed by atoms with Gasteiger partial charge in [-0.2, -0.15) is 24.4 Å². The maximum Gasteiger partial charge on any atom is 0.327 e. The van der Waals surface area contributed by atoms with E-state index in [9.17, 15) is 34.5 Å². The lowest BCUT2D eigenvalue weighted by Gasteiger charge is -2.33. The smallest absolute Gasteiger partial charge is 0.327 e. The van der Waals surface area contributed by atoms with E-state index in [4.69, 9.17) is 17.0 Å². The van der Waals surface area contributed by atoms with Crippen LogP contribution in [0.4, 0.5) is 0 Å². The molecule has 2 bridgehead atoms. The number of carbonyl (C=O) groups is 4. The van der Waals surface area contributed by atoms with E-state index in [2.05, 4.69) is 22.2 Å². The van der Waals surface area contributed by atoms with Crippen molar-refractivity contribution < 1.29 is 38.9 Å². The van der Waals surface area contributed by atoms with Gasteiger partial charge in [0.25, 0.3) is 0 Å². The summed E-state index contributed by atoms with van der Waals surface area (Å²) in [6.45, 7) is 8.68. The Bertz CT molecular complexity index is 1240. The summed E-state index contributed by atoms with van der Waals surface area (Å²) in [5, 5.41) is 35.2. The fourth-order valence-corrected chi connectivity index (χ4v) is 5.49. The van der Waals surface area contributed by atoms with Gasteiger partial charge in [0, 0.05) is 29.6 Å². The molecule has 0 aliphatic carbocycles. The maximum atomic E-state index is 13.4. The average molecular weight is 622 g/mol. The zero-order valence-electron chi connectivity index (χ0n) is 23.9. The number of hydrogen-bond acceptors (Lipinski definition) is 9. The summed E-state index contributed by atoms with van der Waals surface area (Å²) in [5.41, 5.74) is 2.30. The molecule has 0 fully saturated rings. The Morgan fingerprint density at radius 3 is 2.60 bits per heavy atom. The predicted octanol–water partition coefficient (Wildman–Crippen LogP) is 3.55. The van der Waals surface area contributed by atoms with E-state index in [-0.39, 0.29) is 23.8 Å². The first-order valence-corrected chi connectivity index (χ1v) is 15.0. The third-order valence-electron chi connectivity index (χ3n) is 6.77. The minimum Gasteiger partial charge on any atom is -0.481 e. The van der Waals surface area contributed by atoms with Crippen molar-refractivity contribution in [3.8, 4) is 0 Å².